The molecule has 0 atom stereocenters. The number of aryl methyl sites for hydroxylation is 1. The fourth-order valence-electron chi connectivity index (χ4n) is 2.61. The molecule has 2 aromatic carbocycles. The second kappa shape index (κ2) is 8.62. The molecule has 0 aliphatic heterocycles. The average Bonchev–Trinajstić information content (AvgIpc) is 3.10. The van der Waals surface area contributed by atoms with Crippen LogP contribution in [0.15, 0.2) is 68.6 Å². The predicted octanol–water partition coefficient (Wildman–Crippen LogP) is 4.62. The van der Waals surface area contributed by atoms with Gasteiger partial charge in [-0.25, -0.2) is 5.43 Å². The third-order valence-electron chi connectivity index (χ3n) is 3.94. The van der Waals surface area contributed by atoms with Crippen LogP contribution < -0.4 is 5.43 Å². The Morgan fingerprint density at radius 1 is 1.25 bits per heavy atom. The van der Waals surface area contributed by atoms with E-state index in [9.17, 15) is 14.9 Å². The number of hydrazone groups is 1. The third kappa shape index (κ3) is 4.72. The van der Waals surface area contributed by atoms with Crippen molar-refractivity contribution in [2.24, 2.45) is 5.10 Å². The molecule has 0 fully saturated rings. The van der Waals surface area contributed by atoms with Crippen molar-refractivity contribution in [2.45, 2.75) is 13.3 Å². The smallest absolute Gasteiger partial charge is 0.273 e. The van der Waals surface area contributed by atoms with E-state index in [0.717, 1.165) is 15.6 Å². The number of nitro groups is 1. The number of para-hydroxylation sites is 1. The highest BCUT2D eigenvalue weighted by Crippen LogP contribution is 2.30. The Kier molecular flexibility index (Phi) is 6.00. The van der Waals surface area contributed by atoms with Crippen LogP contribution in [0, 0.1) is 17.0 Å². The SMILES string of the molecule is Cc1ccc(-c2ccc(/C=N\NC(=O)Cc3ccccc3[N+](=O)[O-])o2)c(Br)c1. The summed E-state index contributed by atoms with van der Waals surface area (Å²) in [6.07, 6.45) is 1.23. The molecule has 7 nitrogen and oxygen atoms in total. The molecule has 28 heavy (non-hydrogen) atoms. The summed E-state index contributed by atoms with van der Waals surface area (Å²) >= 11 is 3.51. The molecular weight excluding hydrogens is 426 g/mol. The summed E-state index contributed by atoms with van der Waals surface area (Å²) in [5, 5.41) is 14.8. The molecule has 0 spiro atoms. The molecule has 0 unspecified atom stereocenters. The number of carbonyl (C=O) groups excluding carboxylic acids is 1. The molecular formula is C20H16BrN3O4. The third-order valence-corrected chi connectivity index (χ3v) is 4.59. The average molecular weight is 442 g/mol. The molecule has 1 amide bonds. The summed E-state index contributed by atoms with van der Waals surface area (Å²) in [6.45, 7) is 2.00. The van der Waals surface area contributed by atoms with Crippen LogP contribution in [0.4, 0.5) is 5.69 Å². The van der Waals surface area contributed by atoms with E-state index < -0.39 is 10.8 Å². The zero-order valence-corrected chi connectivity index (χ0v) is 16.5. The molecule has 3 aromatic rings. The van der Waals surface area contributed by atoms with E-state index >= 15 is 0 Å². The fourth-order valence-corrected chi connectivity index (χ4v) is 3.29. The van der Waals surface area contributed by atoms with Gasteiger partial charge in [-0.15, -0.1) is 0 Å². The molecule has 0 bridgehead atoms. The Morgan fingerprint density at radius 3 is 2.79 bits per heavy atom. The van der Waals surface area contributed by atoms with E-state index in [-0.39, 0.29) is 12.1 Å². The van der Waals surface area contributed by atoms with Crippen molar-refractivity contribution in [1.29, 1.82) is 0 Å². The number of hydrogen-bond donors (Lipinski definition) is 1. The molecule has 142 valence electrons. The zero-order valence-electron chi connectivity index (χ0n) is 14.9. The predicted molar refractivity (Wildman–Crippen MR) is 109 cm³/mol. The minimum absolute atomic E-state index is 0.0963. The van der Waals surface area contributed by atoms with Crippen molar-refractivity contribution in [3.8, 4) is 11.3 Å². The second-order valence-electron chi connectivity index (χ2n) is 6.04. The normalized spacial score (nSPS) is 10.9. The van der Waals surface area contributed by atoms with Gasteiger partial charge < -0.3 is 4.42 Å². The van der Waals surface area contributed by atoms with Crippen LogP contribution >= 0.6 is 15.9 Å². The largest absolute Gasteiger partial charge is 0.455 e. The molecule has 3 rings (SSSR count). The van der Waals surface area contributed by atoms with Crippen LogP contribution in [0.1, 0.15) is 16.9 Å². The summed E-state index contributed by atoms with van der Waals surface area (Å²) in [6, 6.07) is 15.6. The number of furan rings is 1. The number of benzene rings is 2. The van der Waals surface area contributed by atoms with Crippen molar-refractivity contribution >= 4 is 33.7 Å². The Hall–Kier alpha value is -3.26. The molecule has 1 heterocycles. The highest BCUT2D eigenvalue weighted by atomic mass is 79.9. The monoisotopic (exact) mass is 441 g/mol. The number of rotatable bonds is 6. The number of amides is 1. The van der Waals surface area contributed by atoms with Crippen LogP contribution in [-0.4, -0.2) is 17.0 Å². The van der Waals surface area contributed by atoms with Crippen molar-refractivity contribution in [2.75, 3.05) is 0 Å². The van der Waals surface area contributed by atoms with Gasteiger partial charge in [0.1, 0.15) is 11.5 Å². The topological polar surface area (TPSA) is 97.7 Å². The molecule has 0 radical (unpaired) electrons. The van der Waals surface area contributed by atoms with Gasteiger partial charge in [0.2, 0.25) is 5.91 Å². The first-order valence-electron chi connectivity index (χ1n) is 8.34. The van der Waals surface area contributed by atoms with Gasteiger partial charge in [0.25, 0.3) is 5.69 Å². The van der Waals surface area contributed by atoms with Gasteiger partial charge in [-0.2, -0.15) is 5.10 Å². The van der Waals surface area contributed by atoms with Gasteiger partial charge in [0.15, 0.2) is 0 Å². The van der Waals surface area contributed by atoms with E-state index in [2.05, 4.69) is 26.5 Å². The van der Waals surface area contributed by atoms with Gasteiger partial charge in [-0.3, -0.25) is 14.9 Å². The van der Waals surface area contributed by atoms with Gasteiger partial charge >= 0.3 is 0 Å². The van der Waals surface area contributed by atoms with E-state index in [4.69, 9.17) is 4.42 Å². The minimum atomic E-state index is -0.514. The van der Waals surface area contributed by atoms with Crippen LogP contribution in [0.3, 0.4) is 0 Å². The lowest BCUT2D eigenvalue weighted by atomic mass is 10.1. The van der Waals surface area contributed by atoms with Crippen molar-refractivity contribution < 1.29 is 14.1 Å². The molecule has 1 N–H and O–H groups in total. The highest BCUT2D eigenvalue weighted by molar-refractivity contribution is 9.10. The van der Waals surface area contributed by atoms with Crippen molar-refractivity contribution in [3.05, 3.63) is 86.1 Å². The van der Waals surface area contributed by atoms with E-state index in [0.29, 0.717) is 17.1 Å². The number of carbonyl (C=O) groups is 1. The van der Waals surface area contributed by atoms with Gasteiger partial charge in [0, 0.05) is 21.7 Å². The fraction of sp³-hybridized carbons (Fsp3) is 0.100. The van der Waals surface area contributed by atoms with Gasteiger partial charge in [-0.1, -0.05) is 40.2 Å². The first-order valence-corrected chi connectivity index (χ1v) is 9.14. The number of nitrogens with one attached hydrogen (secondary N) is 1. The van der Waals surface area contributed by atoms with Crippen LogP contribution in [-0.2, 0) is 11.2 Å². The van der Waals surface area contributed by atoms with Crippen LogP contribution in [0.5, 0.6) is 0 Å². The molecule has 8 heteroatoms. The van der Waals surface area contributed by atoms with Gasteiger partial charge in [0.05, 0.1) is 17.6 Å². The van der Waals surface area contributed by atoms with Crippen molar-refractivity contribution in [1.82, 2.24) is 5.43 Å². The quantitative estimate of drug-likeness (QED) is 0.342. The van der Waals surface area contributed by atoms with Gasteiger partial charge in [-0.05, 0) is 36.8 Å². The lowest BCUT2D eigenvalue weighted by Crippen LogP contribution is -2.20. The number of hydrogen-bond acceptors (Lipinski definition) is 5. The second-order valence-corrected chi connectivity index (χ2v) is 6.90. The molecule has 0 aliphatic carbocycles. The molecule has 0 aliphatic rings. The maximum atomic E-state index is 12.0. The summed E-state index contributed by atoms with van der Waals surface area (Å²) in [5.74, 6) is 0.673. The van der Waals surface area contributed by atoms with Crippen LogP contribution in [0.25, 0.3) is 11.3 Å². The van der Waals surface area contributed by atoms with E-state index in [1.807, 2.05) is 31.2 Å². The number of halogens is 1. The summed E-state index contributed by atoms with van der Waals surface area (Å²) in [5.41, 5.74) is 4.62. The van der Waals surface area contributed by atoms with Crippen molar-refractivity contribution in [3.63, 3.8) is 0 Å². The molecule has 1 aromatic heterocycles. The summed E-state index contributed by atoms with van der Waals surface area (Å²) < 4.78 is 6.64. The molecule has 0 saturated carbocycles. The van der Waals surface area contributed by atoms with Crippen LogP contribution in [0.2, 0.25) is 0 Å². The summed E-state index contributed by atoms with van der Waals surface area (Å²) in [4.78, 5) is 22.5. The Balaban J connectivity index is 1.63. The van der Waals surface area contributed by atoms with E-state index in [1.54, 1.807) is 24.3 Å². The first-order chi connectivity index (χ1) is 13.4. The number of nitrogens with zero attached hydrogens (tertiary/aromatic N) is 2. The highest BCUT2D eigenvalue weighted by Gasteiger charge is 2.15. The lowest BCUT2D eigenvalue weighted by molar-refractivity contribution is -0.385. The standard InChI is InChI=1S/C20H16BrN3O4/c1-13-6-8-16(17(21)10-13)19-9-7-15(28-19)12-22-23-20(25)11-14-4-2-3-5-18(14)24(26)27/h2-10,12H,11H2,1H3,(H,23,25)/b22-12-. The maximum absolute atomic E-state index is 12.0. The number of nitro benzene ring substituents is 1. The Labute approximate surface area is 169 Å². The minimum Gasteiger partial charge on any atom is -0.455 e. The first kappa shape index (κ1) is 19.5. The molecule has 0 saturated heterocycles. The Morgan fingerprint density at radius 2 is 2.04 bits per heavy atom. The summed E-state index contributed by atoms with van der Waals surface area (Å²) in [7, 11) is 0. The lowest BCUT2D eigenvalue weighted by Gasteiger charge is -2.02. The Bertz CT molecular complexity index is 1060. The zero-order chi connectivity index (χ0) is 20.1. The maximum Gasteiger partial charge on any atom is 0.273 e. The van der Waals surface area contributed by atoms with E-state index in [1.165, 1.54) is 12.3 Å².